The zero-order valence-corrected chi connectivity index (χ0v) is 10.6. The summed E-state index contributed by atoms with van der Waals surface area (Å²) in [7, 11) is 2.54. The van der Waals surface area contributed by atoms with Crippen LogP contribution in [0.4, 0.5) is 0 Å². The van der Waals surface area contributed by atoms with Gasteiger partial charge in [-0.15, -0.1) is 0 Å². The van der Waals surface area contributed by atoms with Crippen LogP contribution >= 0.6 is 0 Å². The van der Waals surface area contributed by atoms with Crippen LogP contribution in [0.25, 0.3) is 0 Å². The van der Waals surface area contributed by atoms with Crippen molar-refractivity contribution in [1.29, 1.82) is 0 Å². The highest BCUT2D eigenvalue weighted by Gasteiger charge is 2.51. The second-order valence-corrected chi connectivity index (χ2v) is 7.39. The van der Waals surface area contributed by atoms with E-state index in [0.717, 1.165) is 29.6 Å². The molecule has 84 valence electrons. The van der Waals surface area contributed by atoms with Crippen molar-refractivity contribution in [2.75, 3.05) is 0 Å². The Labute approximate surface area is 95.6 Å². The maximum Gasteiger partial charge on any atom is 0.109 e. The van der Waals surface area contributed by atoms with Crippen LogP contribution in [-0.2, 0) is 0 Å². The minimum Gasteiger partial charge on any atom is -0.0667 e. The average Bonchev–Trinajstić information content (AvgIpc) is 2.55. The van der Waals surface area contributed by atoms with Crippen LogP contribution in [0.1, 0.15) is 52.4 Å². The van der Waals surface area contributed by atoms with E-state index in [1.807, 2.05) is 0 Å². The predicted octanol–water partition coefficient (Wildman–Crippen LogP) is 3.28. The molecule has 0 radical (unpaired) electrons. The summed E-state index contributed by atoms with van der Waals surface area (Å²) >= 11 is 0. The molecule has 15 heavy (non-hydrogen) atoms. The summed E-state index contributed by atoms with van der Waals surface area (Å²) in [5.41, 5.74) is 0. The molecule has 0 amide bonds. The van der Waals surface area contributed by atoms with Crippen molar-refractivity contribution in [3.05, 3.63) is 0 Å². The molecule has 6 unspecified atom stereocenters. The highest BCUT2D eigenvalue weighted by atomic mass is 14.6. The lowest BCUT2D eigenvalue weighted by Crippen LogP contribution is -2.42. The largest absolute Gasteiger partial charge is 0.109 e. The first kappa shape index (κ1) is 10.2. The molecule has 0 aromatic heterocycles. The Hall–Kier alpha value is 0.0649. The molecule has 0 heterocycles. The molecule has 0 aromatic carbocycles. The number of hydrogen-bond donors (Lipinski definition) is 0. The molecular formula is C14H25B. The Morgan fingerprint density at radius 3 is 2.60 bits per heavy atom. The Morgan fingerprint density at radius 2 is 1.80 bits per heavy atom. The SMILES string of the molecule is BC1(C)CCC2CCC3CC(C)CC1C23. The smallest absolute Gasteiger partial charge is 0.0667 e. The Bertz CT molecular complexity index is 258. The van der Waals surface area contributed by atoms with E-state index < -0.39 is 0 Å². The van der Waals surface area contributed by atoms with Gasteiger partial charge in [0, 0.05) is 0 Å². The zero-order chi connectivity index (χ0) is 10.6. The minimum atomic E-state index is 0.651. The van der Waals surface area contributed by atoms with Gasteiger partial charge in [-0.1, -0.05) is 32.0 Å². The first-order valence-corrected chi connectivity index (χ1v) is 7.08. The van der Waals surface area contributed by atoms with Gasteiger partial charge in [-0.2, -0.15) is 0 Å². The summed E-state index contributed by atoms with van der Waals surface area (Å²) in [6.07, 6.45) is 9.25. The molecule has 6 atom stereocenters. The van der Waals surface area contributed by atoms with Crippen molar-refractivity contribution in [2.45, 2.75) is 57.7 Å². The lowest BCUT2D eigenvalue weighted by atomic mass is 9.46. The summed E-state index contributed by atoms with van der Waals surface area (Å²) < 4.78 is 0. The summed E-state index contributed by atoms with van der Waals surface area (Å²) in [5, 5.41) is 0.651. The molecule has 0 saturated heterocycles. The molecular weight excluding hydrogens is 179 g/mol. The van der Waals surface area contributed by atoms with Crippen molar-refractivity contribution in [1.82, 2.24) is 0 Å². The first-order chi connectivity index (χ1) is 7.08. The molecule has 0 nitrogen and oxygen atoms in total. The fourth-order valence-electron chi connectivity index (χ4n) is 5.25. The van der Waals surface area contributed by atoms with E-state index >= 15 is 0 Å². The van der Waals surface area contributed by atoms with E-state index in [0.29, 0.717) is 5.31 Å². The van der Waals surface area contributed by atoms with Gasteiger partial charge in [-0.3, -0.25) is 0 Å². The van der Waals surface area contributed by atoms with Crippen LogP contribution in [0.5, 0.6) is 0 Å². The van der Waals surface area contributed by atoms with Crippen molar-refractivity contribution in [2.24, 2.45) is 29.6 Å². The van der Waals surface area contributed by atoms with E-state index in [2.05, 4.69) is 21.7 Å². The van der Waals surface area contributed by atoms with E-state index in [9.17, 15) is 0 Å². The average molecular weight is 204 g/mol. The van der Waals surface area contributed by atoms with Gasteiger partial charge in [0.15, 0.2) is 0 Å². The molecule has 3 aliphatic rings. The monoisotopic (exact) mass is 204 g/mol. The van der Waals surface area contributed by atoms with Gasteiger partial charge in [-0.25, -0.2) is 0 Å². The third kappa shape index (κ3) is 1.49. The highest BCUT2D eigenvalue weighted by Crippen LogP contribution is 2.62. The first-order valence-electron chi connectivity index (χ1n) is 7.08. The maximum absolute atomic E-state index is 2.54. The topological polar surface area (TPSA) is 0 Å². The fraction of sp³-hybridized carbons (Fsp3) is 1.00. The van der Waals surface area contributed by atoms with Gasteiger partial charge >= 0.3 is 0 Å². The quantitative estimate of drug-likeness (QED) is 0.531. The van der Waals surface area contributed by atoms with E-state index in [-0.39, 0.29) is 0 Å². The van der Waals surface area contributed by atoms with Crippen molar-refractivity contribution in [3.8, 4) is 0 Å². The molecule has 0 aliphatic heterocycles. The summed E-state index contributed by atoms with van der Waals surface area (Å²) in [6, 6.07) is 0. The van der Waals surface area contributed by atoms with Crippen LogP contribution in [0, 0.1) is 29.6 Å². The van der Waals surface area contributed by atoms with Gasteiger partial charge in [0.2, 0.25) is 0 Å². The molecule has 3 rings (SSSR count). The van der Waals surface area contributed by atoms with Gasteiger partial charge in [0.05, 0.1) is 0 Å². The highest BCUT2D eigenvalue weighted by molar-refractivity contribution is 6.15. The lowest BCUT2D eigenvalue weighted by molar-refractivity contribution is 0.0377. The van der Waals surface area contributed by atoms with Gasteiger partial charge in [-0.05, 0) is 55.3 Å². The fourth-order valence-corrected chi connectivity index (χ4v) is 5.25. The molecule has 3 fully saturated rings. The second-order valence-electron chi connectivity index (χ2n) is 7.39. The summed E-state index contributed by atoms with van der Waals surface area (Å²) in [6.45, 7) is 5.04. The molecule has 0 bridgehead atoms. The molecule has 0 N–H and O–H groups in total. The molecule has 0 spiro atoms. The van der Waals surface area contributed by atoms with Crippen LogP contribution in [0.2, 0.25) is 5.31 Å². The maximum atomic E-state index is 2.54. The summed E-state index contributed by atoms with van der Waals surface area (Å²) in [4.78, 5) is 0. The van der Waals surface area contributed by atoms with Crippen molar-refractivity contribution in [3.63, 3.8) is 0 Å². The number of rotatable bonds is 0. The van der Waals surface area contributed by atoms with Gasteiger partial charge in [0.1, 0.15) is 7.85 Å². The van der Waals surface area contributed by atoms with E-state index in [4.69, 9.17) is 0 Å². The molecule has 1 heteroatoms. The van der Waals surface area contributed by atoms with Crippen LogP contribution in [0.15, 0.2) is 0 Å². The normalized spacial score (nSPS) is 58.9. The van der Waals surface area contributed by atoms with Crippen LogP contribution < -0.4 is 0 Å². The zero-order valence-electron chi connectivity index (χ0n) is 10.6. The molecule has 3 aliphatic carbocycles. The third-order valence-electron chi connectivity index (χ3n) is 5.99. The van der Waals surface area contributed by atoms with Gasteiger partial charge in [0.25, 0.3) is 0 Å². The van der Waals surface area contributed by atoms with Gasteiger partial charge < -0.3 is 0 Å². The van der Waals surface area contributed by atoms with E-state index in [1.165, 1.54) is 12.8 Å². The minimum absolute atomic E-state index is 0.651. The van der Waals surface area contributed by atoms with Crippen molar-refractivity contribution < 1.29 is 0 Å². The Balaban J connectivity index is 1.91. The van der Waals surface area contributed by atoms with Crippen LogP contribution in [0.3, 0.4) is 0 Å². The van der Waals surface area contributed by atoms with Crippen LogP contribution in [-0.4, -0.2) is 7.85 Å². The van der Waals surface area contributed by atoms with Crippen molar-refractivity contribution >= 4 is 7.85 Å². The molecule has 3 saturated carbocycles. The predicted molar refractivity (Wildman–Crippen MR) is 67.7 cm³/mol. The van der Waals surface area contributed by atoms with E-state index in [1.54, 1.807) is 25.7 Å². The third-order valence-corrected chi connectivity index (χ3v) is 5.99. The lowest BCUT2D eigenvalue weighted by Gasteiger charge is -2.52. The Morgan fingerprint density at radius 1 is 1.07 bits per heavy atom. The molecule has 0 aromatic rings. The number of hydrogen-bond acceptors (Lipinski definition) is 0. The summed E-state index contributed by atoms with van der Waals surface area (Å²) in [5.74, 6) is 5.44. The Kier molecular flexibility index (Phi) is 2.24. The standard InChI is InChI=1S/C14H25B/c1-9-7-11-4-3-10-5-6-14(2,15)12(8-9)13(10)11/h9-13H,3-8,15H2,1-2H3. The second kappa shape index (κ2) is 3.28.